The Morgan fingerprint density at radius 1 is 1.08 bits per heavy atom. The first kappa shape index (κ1) is 19.1. The number of esters is 2. The minimum atomic E-state index is -1.21. The molecule has 1 fully saturated rings. The van der Waals surface area contributed by atoms with E-state index in [1.807, 2.05) is 0 Å². The van der Waals surface area contributed by atoms with Crippen LogP contribution in [0.1, 0.15) is 20.3 Å². The van der Waals surface area contributed by atoms with E-state index in [9.17, 15) is 24.5 Å². The van der Waals surface area contributed by atoms with Gasteiger partial charge in [-0.3, -0.25) is 24.4 Å². The molecule has 3 atom stereocenters. The quantitative estimate of drug-likeness (QED) is 0.247. The molecule has 0 radical (unpaired) electrons. The van der Waals surface area contributed by atoms with Crippen LogP contribution in [0.5, 0.6) is 5.75 Å². The summed E-state index contributed by atoms with van der Waals surface area (Å²) in [5.41, 5.74) is -0.168. The van der Waals surface area contributed by atoms with Crippen LogP contribution < -0.4 is 4.74 Å². The highest BCUT2D eigenvalue weighted by atomic mass is 16.8. The monoisotopic (exact) mass is 369 g/mol. The molecule has 11 heteroatoms. The number of carbonyl (C=O) groups is 3. The summed E-state index contributed by atoms with van der Waals surface area (Å²) in [5.74, 6) is -1.27. The molecule has 0 amide bonds. The second kappa shape index (κ2) is 8.25. The molecule has 0 N–H and O–H groups in total. The molecule has 140 valence electrons. The van der Waals surface area contributed by atoms with Crippen molar-refractivity contribution in [1.29, 1.82) is 0 Å². The Labute approximate surface area is 146 Å². The number of rotatable bonds is 5. The van der Waals surface area contributed by atoms with Crippen LogP contribution in [0.4, 0.5) is 10.5 Å². The van der Waals surface area contributed by atoms with Crippen molar-refractivity contribution in [2.45, 2.75) is 39.0 Å². The molecular formula is C15H15NO10. The van der Waals surface area contributed by atoms with Crippen molar-refractivity contribution in [1.82, 2.24) is 0 Å². The van der Waals surface area contributed by atoms with Crippen LogP contribution in [0.25, 0.3) is 0 Å². The molecule has 0 unspecified atom stereocenters. The van der Waals surface area contributed by atoms with Crippen molar-refractivity contribution in [3.05, 3.63) is 34.4 Å². The Hall–Kier alpha value is -3.21. The number of benzene rings is 1. The van der Waals surface area contributed by atoms with Crippen LogP contribution in [-0.4, -0.2) is 41.7 Å². The van der Waals surface area contributed by atoms with E-state index in [1.54, 1.807) is 0 Å². The fourth-order valence-corrected chi connectivity index (χ4v) is 2.12. The lowest BCUT2D eigenvalue weighted by atomic mass is 10.3. The maximum atomic E-state index is 11.8. The van der Waals surface area contributed by atoms with Crippen LogP contribution in [0.15, 0.2) is 24.3 Å². The summed E-state index contributed by atoms with van der Waals surface area (Å²) in [6.07, 6.45) is -4.53. The topological polar surface area (TPSA) is 141 Å². The fraction of sp³-hybridized carbons (Fsp3) is 0.400. The smallest absolute Gasteiger partial charge is 0.456 e. The molecule has 0 spiro atoms. The van der Waals surface area contributed by atoms with Gasteiger partial charge < -0.3 is 18.9 Å². The van der Waals surface area contributed by atoms with Crippen LogP contribution in [0, 0.1) is 10.1 Å². The zero-order valence-corrected chi connectivity index (χ0v) is 13.8. The molecular weight excluding hydrogens is 354 g/mol. The average Bonchev–Trinajstić information content (AvgIpc) is 2.87. The molecule has 2 rings (SSSR count). The number of carbonyl (C=O) groups excluding carboxylic acids is 3. The lowest BCUT2D eigenvalue weighted by molar-refractivity contribution is -0.384. The van der Waals surface area contributed by atoms with Crippen LogP contribution >= 0.6 is 0 Å². The second-order valence-electron chi connectivity index (χ2n) is 5.15. The van der Waals surface area contributed by atoms with E-state index in [2.05, 4.69) is 0 Å². The first-order chi connectivity index (χ1) is 12.2. The first-order valence-electron chi connectivity index (χ1n) is 7.37. The third-order valence-corrected chi connectivity index (χ3v) is 3.09. The van der Waals surface area contributed by atoms with Gasteiger partial charge in [0, 0.05) is 26.0 Å². The third kappa shape index (κ3) is 5.41. The third-order valence-electron chi connectivity index (χ3n) is 3.09. The number of hydrogen-bond donors (Lipinski definition) is 0. The van der Waals surface area contributed by atoms with Crippen LogP contribution in [0.2, 0.25) is 0 Å². The van der Waals surface area contributed by atoms with Gasteiger partial charge in [-0.1, -0.05) is 0 Å². The fourth-order valence-electron chi connectivity index (χ4n) is 2.12. The molecule has 1 aromatic carbocycles. The standard InChI is InChI=1S/C15H15NO10/c1-8(17)22-12-7-13(25-14(12)23-9(2)18)26-15(19)24-11-5-3-10(4-6-11)16(20)21/h3-6,12-14H,7H2,1-2H3/t12-,13-,14-/m1/s1. The molecule has 26 heavy (non-hydrogen) atoms. The maximum Gasteiger partial charge on any atom is 0.516 e. The van der Waals surface area contributed by atoms with E-state index in [1.165, 1.54) is 19.1 Å². The number of ether oxygens (including phenoxy) is 5. The normalized spacial score (nSPS) is 21.5. The molecule has 1 aliphatic rings. The molecule has 0 aromatic heterocycles. The number of non-ortho nitro benzene ring substituents is 1. The van der Waals surface area contributed by atoms with Crippen molar-refractivity contribution in [3.63, 3.8) is 0 Å². The summed E-state index contributed by atoms with van der Waals surface area (Å²) >= 11 is 0. The number of hydrogen-bond acceptors (Lipinski definition) is 10. The minimum absolute atomic E-state index is 0.0201. The van der Waals surface area contributed by atoms with E-state index < -0.39 is 41.7 Å². The van der Waals surface area contributed by atoms with Gasteiger partial charge in [-0.05, 0) is 12.1 Å². The van der Waals surface area contributed by atoms with Gasteiger partial charge in [-0.25, -0.2) is 4.79 Å². The van der Waals surface area contributed by atoms with Crippen molar-refractivity contribution < 1.29 is 43.0 Å². The van der Waals surface area contributed by atoms with Crippen molar-refractivity contribution in [3.8, 4) is 5.75 Å². The largest absolute Gasteiger partial charge is 0.516 e. The Morgan fingerprint density at radius 2 is 1.69 bits per heavy atom. The average molecular weight is 369 g/mol. The molecule has 1 heterocycles. The number of nitro groups is 1. The SMILES string of the molecule is CC(=O)O[C@@H]1O[C@H](OC(=O)Oc2ccc([N+](=O)[O-])cc2)C[C@H]1OC(C)=O. The second-order valence-corrected chi connectivity index (χ2v) is 5.15. The molecule has 11 nitrogen and oxygen atoms in total. The molecule has 1 saturated heterocycles. The number of nitro benzene ring substituents is 1. The van der Waals surface area contributed by atoms with Crippen molar-refractivity contribution in [2.75, 3.05) is 0 Å². The first-order valence-corrected chi connectivity index (χ1v) is 7.37. The molecule has 0 bridgehead atoms. The zero-order valence-electron chi connectivity index (χ0n) is 13.8. The van der Waals surface area contributed by atoms with Gasteiger partial charge in [-0.2, -0.15) is 0 Å². The number of nitrogens with zero attached hydrogens (tertiary/aromatic N) is 1. The maximum absolute atomic E-state index is 11.8. The highest BCUT2D eigenvalue weighted by molar-refractivity contribution is 5.67. The van der Waals surface area contributed by atoms with Gasteiger partial charge >= 0.3 is 18.1 Å². The van der Waals surface area contributed by atoms with Gasteiger partial charge in [0.25, 0.3) is 5.69 Å². The minimum Gasteiger partial charge on any atom is -0.456 e. The van der Waals surface area contributed by atoms with E-state index in [4.69, 9.17) is 23.7 Å². The Morgan fingerprint density at radius 3 is 2.23 bits per heavy atom. The lowest BCUT2D eigenvalue weighted by Gasteiger charge is -2.17. The predicted octanol–water partition coefficient (Wildman–Crippen LogP) is 1.68. The summed E-state index contributed by atoms with van der Waals surface area (Å²) in [6.45, 7) is 2.31. The summed E-state index contributed by atoms with van der Waals surface area (Å²) < 4.78 is 24.8. The zero-order chi connectivity index (χ0) is 19.3. The van der Waals surface area contributed by atoms with Gasteiger partial charge in [0.2, 0.25) is 12.6 Å². The van der Waals surface area contributed by atoms with Gasteiger partial charge in [0.15, 0.2) is 6.10 Å². The van der Waals surface area contributed by atoms with E-state index in [-0.39, 0.29) is 17.9 Å². The van der Waals surface area contributed by atoms with E-state index in [0.29, 0.717) is 0 Å². The lowest BCUT2D eigenvalue weighted by Crippen LogP contribution is -2.30. The summed E-state index contributed by atoms with van der Waals surface area (Å²) in [7, 11) is 0. The van der Waals surface area contributed by atoms with Crippen LogP contribution in [0.3, 0.4) is 0 Å². The highest BCUT2D eigenvalue weighted by Gasteiger charge is 2.42. The van der Waals surface area contributed by atoms with Gasteiger partial charge in [0.1, 0.15) is 5.75 Å². The summed E-state index contributed by atoms with van der Waals surface area (Å²) in [5, 5.41) is 10.6. The Bertz CT molecular complexity index is 677. The molecule has 1 aromatic rings. The molecule has 0 aliphatic carbocycles. The Balaban J connectivity index is 1.92. The summed E-state index contributed by atoms with van der Waals surface area (Å²) in [6, 6.07) is 4.75. The van der Waals surface area contributed by atoms with Crippen molar-refractivity contribution >= 4 is 23.8 Å². The van der Waals surface area contributed by atoms with Gasteiger partial charge in [0.05, 0.1) is 11.3 Å². The highest BCUT2D eigenvalue weighted by Crippen LogP contribution is 2.26. The van der Waals surface area contributed by atoms with E-state index in [0.717, 1.165) is 19.1 Å². The molecule has 0 saturated carbocycles. The molecule has 1 aliphatic heterocycles. The summed E-state index contributed by atoms with van der Waals surface area (Å²) in [4.78, 5) is 43.9. The van der Waals surface area contributed by atoms with Crippen LogP contribution in [-0.2, 0) is 28.5 Å². The van der Waals surface area contributed by atoms with E-state index >= 15 is 0 Å². The predicted molar refractivity (Wildman–Crippen MR) is 80.8 cm³/mol. The van der Waals surface area contributed by atoms with Crippen molar-refractivity contribution in [2.24, 2.45) is 0 Å². The Kier molecular flexibility index (Phi) is 6.07. The van der Waals surface area contributed by atoms with Gasteiger partial charge in [-0.15, -0.1) is 0 Å².